The van der Waals surface area contributed by atoms with Crippen LogP contribution in [-0.4, -0.2) is 46.8 Å². The number of rotatable bonds is 8. The predicted octanol–water partition coefficient (Wildman–Crippen LogP) is 7.23. The third kappa shape index (κ3) is 5.22. The largest absolute Gasteiger partial charge is 0.357 e. The van der Waals surface area contributed by atoms with Gasteiger partial charge in [-0.3, -0.25) is 9.36 Å². The fraction of sp³-hybridized carbons (Fsp3) is 0.225. The van der Waals surface area contributed by atoms with Gasteiger partial charge in [0.1, 0.15) is 22.7 Å². The van der Waals surface area contributed by atoms with Crippen molar-refractivity contribution in [1.29, 1.82) is 0 Å². The van der Waals surface area contributed by atoms with E-state index in [0.29, 0.717) is 17.2 Å². The second-order valence-corrected chi connectivity index (χ2v) is 12.9. The lowest BCUT2D eigenvalue weighted by Gasteiger charge is -2.37. The number of hydrogen-bond donors (Lipinski definition) is 0. The normalized spacial score (nSPS) is 13.7. The average molecular weight is 647 g/mol. The van der Waals surface area contributed by atoms with E-state index in [9.17, 15) is 4.79 Å². The van der Waals surface area contributed by atoms with E-state index < -0.39 is 5.54 Å². The molecule has 8 rings (SSSR count). The van der Waals surface area contributed by atoms with Crippen molar-refractivity contribution in [3.63, 3.8) is 0 Å². The third-order valence-corrected chi connectivity index (χ3v) is 9.58. The van der Waals surface area contributed by atoms with Gasteiger partial charge in [-0.05, 0) is 61.9 Å². The second-order valence-electron chi connectivity index (χ2n) is 12.9. The molecule has 49 heavy (non-hydrogen) atoms. The molecule has 0 amide bonds. The van der Waals surface area contributed by atoms with Crippen molar-refractivity contribution in [3.05, 3.63) is 155 Å². The molecule has 244 valence electrons. The molecule has 5 heterocycles. The molecule has 0 spiro atoms. The molecule has 9 nitrogen and oxygen atoms in total. The van der Waals surface area contributed by atoms with Crippen molar-refractivity contribution in [2.24, 2.45) is 0 Å². The SMILES string of the molecule is CC(C)n1c(-c2ccc(N3CCCCC3)nc2)nn2c(-c3cn(C(c4ccccc4)(c4ccccc4)c4ccccc4)cn3)cnc2c1=O. The minimum absolute atomic E-state index is 0.135. The number of hydrogen-bond acceptors (Lipinski definition) is 6. The lowest BCUT2D eigenvalue weighted by molar-refractivity contribution is 0.515. The summed E-state index contributed by atoms with van der Waals surface area (Å²) in [6.07, 6.45) is 11.0. The van der Waals surface area contributed by atoms with Gasteiger partial charge in [0.25, 0.3) is 5.56 Å². The lowest BCUT2D eigenvalue weighted by Crippen LogP contribution is -2.36. The van der Waals surface area contributed by atoms with Crippen LogP contribution in [0.5, 0.6) is 0 Å². The second kappa shape index (κ2) is 12.6. The Kier molecular flexibility index (Phi) is 7.87. The molecule has 1 aliphatic heterocycles. The first kappa shape index (κ1) is 30.5. The van der Waals surface area contributed by atoms with Gasteiger partial charge >= 0.3 is 0 Å². The van der Waals surface area contributed by atoms with Gasteiger partial charge in [-0.15, -0.1) is 5.10 Å². The highest BCUT2D eigenvalue weighted by atomic mass is 16.1. The van der Waals surface area contributed by atoms with Crippen molar-refractivity contribution in [2.45, 2.75) is 44.7 Å². The number of piperidine rings is 1. The van der Waals surface area contributed by atoms with E-state index in [1.807, 2.05) is 62.9 Å². The molecule has 0 N–H and O–H groups in total. The molecule has 9 heteroatoms. The summed E-state index contributed by atoms with van der Waals surface area (Å²) in [5, 5.41) is 5.07. The summed E-state index contributed by atoms with van der Waals surface area (Å²) in [7, 11) is 0. The Labute approximate surface area is 285 Å². The van der Waals surface area contributed by atoms with E-state index in [2.05, 4.69) is 87.2 Å². The van der Waals surface area contributed by atoms with Crippen molar-refractivity contribution in [3.8, 4) is 22.8 Å². The molecule has 0 aliphatic carbocycles. The Morgan fingerprint density at radius 2 is 1.31 bits per heavy atom. The van der Waals surface area contributed by atoms with Crippen LogP contribution in [0.25, 0.3) is 28.4 Å². The van der Waals surface area contributed by atoms with E-state index in [4.69, 9.17) is 15.1 Å². The van der Waals surface area contributed by atoms with Crippen LogP contribution in [0.1, 0.15) is 55.8 Å². The number of pyridine rings is 1. The molecule has 0 bridgehead atoms. The van der Waals surface area contributed by atoms with Gasteiger partial charge in [0.15, 0.2) is 5.82 Å². The highest BCUT2D eigenvalue weighted by molar-refractivity contribution is 5.63. The Bertz CT molecular complexity index is 2150. The molecule has 4 aromatic heterocycles. The van der Waals surface area contributed by atoms with Crippen LogP contribution in [0.3, 0.4) is 0 Å². The van der Waals surface area contributed by atoms with Crippen LogP contribution in [0.4, 0.5) is 5.82 Å². The van der Waals surface area contributed by atoms with Gasteiger partial charge in [-0.25, -0.2) is 19.5 Å². The van der Waals surface area contributed by atoms with Gasteiger partial charge in [0, 0.05) is 37.1 Å². The number of anilines is 1. The molecule has 0 radical (unpaired) electrons. The highest BCUT2D eigenvalue weighted by Gasteiger charge is 2.38. The number of imidazole rings is 2. The highest BCUT2D eigenvalue weighted by Crippen LogP contribution is 2.41. The van der Waals surface area contributed by atoms with E-state index in [1.54, 1.807) is 15.3 Å². The van der Waals surface area contributed by atoms with Crippen LogP contribution in [0, 0.1) is 0 Å². The van der Waals surface area contributed by atoms with Crippen molar-refractivity contribution >= 4 is 11.5 Å². The zero-order valence-corrected chi connectivity index (χ0v) is 27.7. The number of aromatic nitrogens is 7. The van der Waals surface area contributed by atoms with E-state index in [-0.39, 0.29) is 17.2 Å². The Balaban J connectivity index is 1.29. The Morgan fingerprint density at radius 3 is 1.86 bits per heavy atom. The predicted molar refractivity (Wildman–Crippen MR) is 193 cm³/mol. The van der Waals surface area contributed by atoms with Crippen LogP contribution >= 0.6 is 0 Å². The van der Waals surface area contributed by atoms with Gasteiger partial charge in [0.2, 0.25) is 5.65 Å². The van der Waals surface area contributed by atoms with E-state index in [0.717, 1.165) is 41.2 Å². The summed E-state index contributed by atoms with van der Waals surface area (Å²) < 4.78 is 5.49. The van der Waals surface area contributed by atoms with Crippen LogP contribution in [0.2, 0.25) is 0 Å². The first-order valence-electron chi connectivity index (χ1n) is 17.0. The summed E-state index contributed by atoms with van der Waals surface area (Å²) in [6, 6.07) is 35.3. The van der Waals surface area contributed by atoms with Crippen LogP contribution < -0.4 is 10.5 Å². The maximum Gasteiger partial charge on any atom is 0.297 e. The van der Waals surface area contributed by atoms with Crippen molar-refractivity contribution in [2.75, 3.05) is 18.0 Å². The zero-order valence-electron chi connectivity index (χ0n) is 27.7. The molecule has 0 unspecified atom stereocenters. The average Bonchev–Trinajstić information content (AvgIpc) is 3.82. The summed E-state index contributed by atoms with van der Waals surface area (Å²) in [5.74, 6) is 1.49. The molecule has 1 saturated heterocycles. The third-order valence-electron chi connectivity index (χ3n) is 9.58. The van der Waals surface area contributed by atoms with Gasteiger partial charge in [0.05, 0.1) is 12.5 Å². The van der Waals surface area contributed by atoms with Crippen molar-refractivity contribution in [1.82, 2.24) is 33.7 Å². The van der Waals surface area contributed by atoms with Crippen molar-refractivity contribution < 1.29 is 0 Å². The summed E-state index contributed by atoms with van der Waals surface area (Å²) in [4.78, 5) is 30.7. The molecule has 1 fully saturated rings. The molecular formula is C40H38N8O. The summed E-state index contributed by atoms with van der Waals surface area (Å²) >= 11 is 0. The zero-order chi connectivity index (χ0) is 33.4. The first-order valence-corrected chi connectivity index (χ1v) is 17.0. The first-order chi connectivity index (χ1) is 24.1. The minimum Gasteiger partial charge on any atom is -0.357 e. The monoisotopic (exact) mass is 646 g/mol. The number of nitrogens with zero attached hydrogens (tertiary/aromatic N) is 8. The molecule has 0 saturated carbocycles. The van der Waals surface area contributed by atoms with E-state index in [1.165, 1.54) is 19.3 Å². The van der Waals surface area contributed by atoms with Gasteiger partial charge in [-0.2, -0.15) is 0 Å². The molecule has 3 aromatic carbocycles. The molecule has 0 atom stereocenters. The summed E-state index contributed by atoms with van der Waals surface area (Å²) in [5.41, 5.74) is 4.65. The standard InChI is InChI=1S/C40H38N8O/c1-29(2)47-37(30-21-22-36(41-25-30)45-23-13-6-14-24-45)44-48-35(26-42-38(48)39(47)49)34-27-46(28-43-34)40(31-15-7-3-8-16-31,32-17-9-4-10-18-32)33-19-11-5-12-20-33/h3-5,7-12,15-22,25-29H,6,13-14,23-24H2,1-2H3. The number of fused-ring (bicyclic) bond motifs is 1. The fourth-order valence-corrected chi connectivity index (χ4v) is 7.24. The van der Waals surface area contributed by atoms with Gasteiger partial charge < -0.3 is 9.47 Å². The fourth-order valence-electron chi connectivity index (χ4n) is 7.24. The maximum atomic E-state index is 14.0. The Morgan fingerprint density at radius 1 is 0.694 bits per heavy atom. The molecule has 7 aromatic rings. The number of benzene rings is 3. The topological polar surface area (TPSA) is 86.1 Å². The Hall–Kier alpha value is -5.83. The van der Waals surface area contributed by atoms with E-state index >= 15 is 0 Å². The maximum absolute atomic E-state index is 14.0. The van der Waals surface area contributed by atoms with Gasteiger partial charge in [-0.1, -0.05) is 91.0 Å². The molecular weight excluding hydrogens is 608 g/mol. The molecule has 1 aliphatic rings. The lowest BCUT2D eigenvalue weighted by atomic mass is 9.77. The quantitative estimate of drug-likeness (QED) is 0.162. The summed E-state index contributed by atoms with van der Waals surface area (Å²) in [6.45, 7) is 6.00. The smallest absolute Gasteiger partial charge is 0.297 e. The van der Waals surface area contributed by atoms with Crippen LogP contribution in [-0.2, 0) is 5.54 Å². The minimum atomic E-state index is -0.722. The van der Waals surface area contributed by atoms with Crippen LogP contribution in [0.15, 0.2) is 133 Å².